The first kappa shape index (κ1) is 34.0. The number of benzene rings is 10. The molecule has 0 atom stereocenters. The molecule has 0 amide bonds. The van der Waals surface area contributed by atoms with Gasteiger partial charge >= 0.3 is 0 Å². The van der Waals surface area contributed by atoms with Crippen LogP contribution in [-0.2, 0) is 0 Å². The Morgan fingerprint density at radius 2 is 0.828 bits per heavy atom. The molecule has 11 aromatic rings. The fourth-order valence-corrected chi connectivity index (χ4v) is 10.0. The highest BCUT2D eigenvalue weighted by Crippen LogP contribution is 2.50. The highest BCUT2D eigenvalue weighted by molar-refractivity contribution is 7.26. The molecule has 0 saturated heterocycles. The summed E-state index contributed by atoms with van der Waals surface area (Å²) < 4.78 is 2.55. The summed E-state index contributed by atoms with van der Waals surface area (Å²) >= 11 is 1.87. The van der Waals surface area contributed by atoms with Crippen LogP contribution >= 0.6 is 11.3 Å². The maximum Gasteiger partial charge on any atom is 0.0640 e. The van der Waals surface area contributed by atoms with E-state index in [0.29, 0.717) is 0 Å². The molecule has 0 aliphatic rings. The van der Waals surface area contributed by atoms with E-state index in [2.05, 4.69) is 229 Å². The summed E-state index contributed by atoms with van der Waals surface area (Å²) in [5.41, 5.74) is 13.0. The first-order chi connectivity index (χ1) is 28.8. The number of thiophene rings is 1. The maximum absolute atomic E-state index is 2.51. The van der Waals surface area contributed by atoms with Crippen LogP contribution in [0.15, 0.2) is 224 Å². The molecular formula is C56H37NS. The van der Waals surface area contributed by atoms with Crippen molar-refractivity contribution in [3.63, 3.8) is 0 Å². The van der Waals surface area contributed by atoms with Crippen LogP contribution < -0.4 is 4.90 Å². The fourth-order valence-electron chi connectivity index (χ4n) is 8.83. The second-order valence-corrected chi connectivity index (χ2v) is 15.9. The lowest BCUT2D eigenvalue weighted by atomic mass is 9.85. The molecule has 0 N–H and O–H groups in total. The van der Waals surface area contributed by atoms with Gasteiger partial charge in [0.2, 0.25) is 0 Å². The Bertz CT molecular complexity index is 3260. The van der Waals surface area contributed by atoms with Crippen LogP contribution in [0.4, 0.5) is 17.1 Å². The van der Waals surface area contributed by atoms with Gasteiger partial charge in [0.05, 0.1) is 16.1 Å². The molecule has 1 aromatic heterocycles. The number of fused-ring (bicyclic) bond motifs is 6. The minimum Gasteiger partial charge on any atom is -0.308 e. The molecule has 272 valence electrons. The summed E-state index contributed by atoms with van der Waals surface area (Å²) in [5.74, 6) is 0. The summed E-state index contributed by atoms with van der Waals surface area (Å²) in [7, 11) is 0. The van der Waals surface area contributed by atoms with E-state index < -0.39 is 0 Å². The van der Waals surface area contributed by atoms with Gasteiger partial charge in [0.25, 0.3) is 0 Å². The molecule has 0 radical (unpaired) electrons. The van der Waals surface area contributed by atoms with Gasteiger partial charge in [0, 0.05) is 26.7 Å². The number of anilines is 3. The van der Waals surface area contributed by atoms with E-state index in [0.717, 1.165) is 17.1 Å². The molecule has 11 rings (SSSR count). The lowest BCUT2D eigenvalue weighted by Gasteiger charge is -2.30. The molecule has 0 saturated carbocycles. The lowest BCUT2D eigenvalue weighted by molar-refractivity contribution is 1.31. The fraction of sp³-hybridized carbons (Fsp3) is 0. The Morgan fingerprint density at radius 1 is 0.293 bits per heavy atom. The van der Waals surface area contributed by atoms with Crippen molar-refractivity contribution < 1.29 is 0 Å². The van der Waals surface area contributed by atoms with Crippen LogP contribution in [-0.4, -0.2) is 0 Å². The Kier molecular flexibility index (Phi) is 8.42. The van der Waals surface area contributed by atoms with Crippen molar-refractivity contribution in [3.8, 4) is 44.5 Å². The number of rotatable bonds is 7. The average Bonchev–Trinajstić information content (AvgIpc) is 3.69. The van der Waals surface area contributed by atoms with E-state index in [9.17, 15) is 0 Å². The summed E-state index contributed by atoms with van der Waals surface area (Å²) in [6, 6.07) is 82.0. The first-order valence-electron chi connectivity index (χ1n) is 19.8. The zero-order chi connectivity index (χ0) is 38.4. The summed E-state index contributed by atoms with van der Waals surface area (Å²) in [6.07, 6.45) is 0. The van der Waals surface area contributed by atoms with Crippen LogP contribution in [0.5, 0.6) is 0 Å². The number of hydrogen-bond donors (Lipinski definition) is 0. The molecule has 0 spiro atoms. The van der Waals surface area contributed by atoms with Crippen molar-refractivity contribution in [1.29, 1.82) is 0 Å². The van der Waals surface area contributed by atoms with E-state index in [1.165, 1.54) is 86.2 Å². The van der Waals surface area contributed by atoms with E-state index >= 15 is 0 Å². The summed E-state index contributed by atoms with van der Waals surface area (Å²) in [5, 5.41) is 7.52. The smallest absolute Gasteiger partial charge is 0.0640 e. The minimum absolute atomic E-state index is 1.11. The van der Waals surface area contributed by atoms with Crippen molar-refractivity contribution in [2.45, 2.75) is 0 Å². The zero-order valence-electron chi connectivity index (χ0n) is 31.7. The van der Waals surface area contributed by atoms with Crippen LogP contribution in [0.1, 0.15) is 0 Å². The maximum atomic E-state index is 2.51. The standard InChI is InChI=1S/C56H37NS/c1-5-18-38(19-6-1)42-32-35-51(49(36-42)39-20-7-2-8-21-39)57(52-30-17-29-48-46-27-15-16-31-53(46)58-56(48)52)43-33-34-45-44-26-13-14-28-47(44)54(40-22-9-3-10-23-40)55(50(45)37-43)41-24-11-4-12-25-41/h1-37H. The average molecular weight is 756 g/mol. The predicted octanol–water partition coefficient (Wildman–Crippen LogP) is 16.5. The molecule has 0 bridgehead atoms. The lowest BCUT2D eigenvalue weighted by Crippen LogP contribution is -2.11. The third-order valence-corrected chi connectivity index (χ3v) is 12.7. The van der Waals surface area contributed by atoms with Gasteiger partial charge in [-0.05, 0) is 96.9 Å². The molecular weight excluding hydrogens is 719 g/mol. The predicted molar refractivity (Wildman–Crippen MR) is 251 cm³/mol. The van der Waals surface area contributed by atoms with Crippen LogP contribution in [0.2, 0.25) is 0 Å². The van der Waals surface area contributed by atoms with Crippen molar-refractivity contribution in [2.24, 2.45) is 0 Å². The first-order valence-corrected chi connectivity index (χ1v) is 20.7. The highest BCUT2D eigenvalue weighted by Gasteiger charge is 2.24. The summed E-state index contributed by atoms with van der Waals surface area (Å²) in [6.45, 7) is 0. The van der Waals surface area contributed by atoms with Crippen molar-refractivity contribution in [3.05, 3.63) is 224 Å². The van der Waals surface area contributed by atoms with Gasteiger partial charge in [-0.15, -0.1) is 11.3 Å². The Labute approximate surface area is 342 Å². The zero-order valence-corrected chi connectivity index (χ0v) is 32.5. The monoisotopic (exact) mass is 755 g/mol. The molecule has 0 aliphatic heterocycles. The topological polar surface area (TPSA) is 3.24 Å². The summed E-state index contributed by atoms with van der Waals surface area (Å²) in [4.78, 5) is 2.51. The second kappa shape index (κ2) is 14.4. The SMILES string of the molecule is c1ccc(-c2ccc(N(c3ccc4c(c3)c(-c3ccccc3)c(-c3ccccc3)c3ccccc34)c3cccc4c3sc3ccccc34)c(-c3ccccc3)c2)cc1. The molecule has 0 fully saturated rings. The molecule has 10 aromatic carbocycles. The Balaban J connectivity index is 1.26. The van der Waals surface area contributed by atoms with Crippen LogP contribution in [0, 0.1) is 0 Å². The van der Waals surface area contributed by atoms with E-state index in [4.69, 9.17) is 0 Å². The third-order valence-electron chi connectivity index (χ3n) is 11.4. The Hall–Kier alpha value is -7.26. The van der Waals surface area contributed by atoms with Gasteiger partial charge in [0.15, 0.2) is 0 Å². The molecule has 0 aliphatic carbocycles. The number of nitrogens with zero attached hydrogens (tertiary/aromatic N) is 1. The molecule has 1 nitrogen and oxygen atoms in total. The molecule has 2 heteroatoms. The third kappa shape index (κ3) is 5.77. The van der Waals surface area contributed by atoms with Gasteiger partial charge < -0.3 is 4.90 Å². The van der Waals surface area contributed by atoms with Crippen molar-refractivity contribution >= 4 is 70.1 Å². The number of hydrogen-bond acceptors (Lipinski definition) is 2. The second-order valence-electron chi connectivity index (χ2n) is 14.8. The minimum atomic E-state index is 1.11. The van der Waals surface area contributed by atoms with E-state index in [1.807, 2.05) is 11.3 Å². The van der Waals surface area contributed by atoms with Crippen molar-refractivity contribution in [1.82, 2.24) is 0 Å². The largest absolute Gasteiger partial charge is 0.308 e. The van der Waals surface area contributed by atoms with Crippen LogP contribution in [0.3, 0.4) is 0 Å². The van der Waals surface area contributed by atoms with Gasteiger partial charge in [-0.25, -0.2) is 0 Å². The normalized spacial score (nSPS) is 11.4. The van der Waals surface area contributed by atoms with E-state index in [1.54, 1.807) is 0 Å². The highest BCUT2D eigenvalue weighted by atomic mass is 32.1. The van der Waals surface area contributed by atoms with Gasteiger partial charge in [-0.2, -0.15) is 0 Å². The van der Waals surface area contributed by atoms with Gasteiger partial charge in [0.1, 0.15) is 0 Å². The van der Waals surface area contributed by atoms with E-state index in [-0.39, 0.29) is 0 Å². The van der Waals surface area contributed by atoms with Gasteiger partial charge in [-0.3, -0.25) is 0 Å². The van der Waals surface area contributed by atoms with Crippen LogP contribution in [0.25, 0.3) is 86.2 Å². The molecule has 1 heterocycles. The Morgan fingerprint density at radius 3 is 1.52 bits per heavy atom. The quantitative estimate of drug-likeness (QED) is 0.146. The molecule has 0 unspecified atom stereocenters. The molecule has 58 heavy (non-hydrogen) atoms. The van der Waals surface area contributed by atoms with Gasteiger partial charge in [-0.1, -0.05) is 188 Å². The van der Waals surface area contributed by atoms with Crippen molar-refractivity contribution in [2.75, 3.05) is 4.90 Å².